The van der Waals surface area contributed by atoms with Crippen molar-refractivity contribution in [2.24, 2.45) is 5.10 Å². The summed E-state index contributed by atoms with van der Waals surface area (Å²) in [5, 5.41) is 9.36. The van der Waals surface area contributed by atoms with Crippen molar-refractivity contribution < 1.29 is 13.2 Å². The number of anilines is 1. The fourth-order valence-corrected chi connectivity index (χ4v) is 3.48. The Morgan fingerprint density at radius 3 is 2.48 bits per heavy atom. The quantitative estimate of drug-likeness (QED) is 0.787. The number of hydrogen-bond acceptors (Lipinski definition) is 8. The molecule has 0 spiro atoms. The number of benzene rings is 1. The number of nitrogens with zero attached hydrogens (tertiary/aromatic N) is 4. The molecule has 1 aromatic carbocycles. The summed E-state index contributed by atoms with van der Waals surface area (Å²) in [7, 11) is -3.30. The van der Waals surface area contributed by atoms with Crippen LogP contribution in [0.2, 0.25) is 0 Å². The summed E-state index contributed by atoms with van der Waals surface area (Å²) in [5.41, 5.74) is 0.762. The third kappa shape index (κ3) is 4.40. The average Bonchev–Trinajstić information content (AvgIpc) is 3.25. The van der Waals surface area contributed by atoms with Crippen molar-refractivity contribution in [3.63, 3.8) is 0 Å². The first-order chi connectivity index (χ1) is 11.9. The third-order valence-electron chi connectivity index (χ3n) is 3.68. The number of hydrogen-bond donors (Lipinski definition) is 1. The van der Waals surface area contributed by atoms with E-state index in [4.69, 9.17) is 0 Å². The van der Waals surface area contributed by atoms with Gasteiger partial charge in [0, 0.05) is 36.4 Å². The number of nitrogens with one attached hydrogen (secondary N) is 1. The van der Waals surface area contributed by atoms with Crippen molar-refractivity contribution in [3.8, 4) is 0 Å². The second-order valence-corrected chi connectivity index (χ2v) is 8.40. The highest BCUT2D eigenvalue weighted by Crippen LogP contribution is 2.15. The highest BCUT2D eigenvalue weighted by molar-refractivity contribution is 7.90. The molecule has 3 rings (SSSR count). The number of carbonyl (C=O) groups is 1. The summed E-state index contributed by atoms with van der Waals surface area (Å²) in [6.07, 6.45) is 4.56. The normalized spacial score (nSPS) is 15.4. The number of carbonyl (C=O) groups excluding carboxylic acids is 1. The fraction of sp³-hybridized carbons (Fsp3) is 0.333. The van der Waals surface area contributed by atoms with E-state index in [0.717, 1.165) is 43.7 Å². The van der Waals surface area contributed by atoms with Crippen molar-refractivity contribution >= 4 is 38.1 Å². The van der Waals surface area contributed by atoms with E-state index >= 15 is 0 Å². The zero-order valence-corrected chi connectivity index (χ0v) is 15.2. The molecule has 1 saturated heterocycles. The van der Waals surface area contributed by atoms with Crippen molar-refractivity contribution in [3.05, 3.63) is 36.2 Å². The molecule has 0 radical (unpaired) electrons. The van der Waals surface area contributed by atoms with Gasteiger partial charge in [-0.15, -0.1) is 0 Å². The van der Waals surface area contributed by atoms with E-state index in [1.807, 2.05) is 5.01 Å². The summed E-state index contributed by atoms with van der Waals surface area (Å²) in [6, 6.07) is 6.13. The van der Waals surface area contributed by atoms with Gasteiger partial charge in [0.05, 0.1) is 4.90 Å². The lowest BCUT2D eigenvalue weighted by atomic mass is 10.1. The minimum absolute atomic E-state index is 0.196. The lowest BCUT2D eigenvalue weighted by Gasteiger charge is -2.14. The van der Waals surface area contributed by atoms with Gasteiger partial charge in [0.25, 0.3) is 5.91 Å². The van der Waals surface area contributed by atoms with Gasteiger partial charge in [-0.3, -0.25) is 15.1 Å². The second kappa shape index (κ2) is 7.28. The maximum Gasteiger partial charge on any atom is 0.278 e. The molecule has 1 aromatic heterocycles. The van der Waals surface area contributed by atoms with Gasteiger partial charge in [-0.25, -0.2) is 13.4 Å². The van der Waals surface area contributed by atoms with E-state index < -0.39 is 15.7 Å². The Morgan fingerprint density at radius 2 is 1.92 bits per heavy atom. The molecule has 1 aliphatic rings. The molecule has 1 aliphatic heterocycles. The van der Waals surface area contributed by atoms with Crippen molar-refractivity contribution in [1.82, 2.24) is 14.4 Å². The SMILES string of the molecule is CS(=O)(=O)c1ccc(/C(=N\N2CCCC2)C(=O)Nc2ncns2)cc1. The number of amides is 1. The summed E-state index contributed by atoms with van der Waals surface area (Å²) in [5.74, 6) is -0.407. The number of hydrazone groups is 1. The zero-order chi connectivity index (χ0) is 17.9. The highest BCUT2D eigenvalue weighted by Gasteiger charge is 2.20. The van der Waals surface area contributed by atoms with E-state index in [2.05, 4.69) is 19.8 Å². The van der Waals surface area contributed by atoms with E-state index in [0.29, 0.717) is 10.7 Å². The minimum atomic E-state index is -3.30. The molecule has 2 heterocycles. The number of sulfone groups is 1. The molecule has 0 aliphatic carbocycles. The van der Waals surface area contributed by atoms with Gasteiger partial charge in [-0.2, -0.15) is 9.47 Å². The topological polar surface area (TPSA) is 105 Å². The lowest BCUT2D eigenvalue weighted by Crippen LogP contribution is -2.27. The van der Waals surface area contributed by atoms with Crippen LogP contribution in [0, 0.1) is 0 Å². The zero-order valence-electron chi connectivity index (χ0n) is 13.5. The molecule has 132 valence electrons. The Kier molecular flexibility index (Phi) is 5.09. The first-order valence-electron chi connectivity index (χ1n) is 7.65. The molecule has 1 N–H and O–H groups in total. The molecule has 8 nitrogen and oxygen atoms in total. The van der Waals surface area contributed by atoms with Crippen LogP contribution in [0.5, 0.6) is 0 Å². The maximum atomic E-state index is 12.6. The van der Waals surface area contributed by atoms with Gasteiger partial charge in [0.2, 0.25) is 5.13 Å². The van der Waals surface area contributed by atoms with Gasteiger partial charge in [0.1, 0.15) is 6.33 Å². The fourth-order valence-electron chi connectivity index (χ4n) is 2.42. The van der Waals surface area contributed by atoms with Crippen molar-refractivity contribution in [2.45, 2.75) is 17.7 Å². The Labute approximate surface area is 149 Å². The van der Waals surface area contributed by atoms with Gasteiger partial charge in [0.15, 0.2) is 15.5 Å². The lowest BCUT2D eigenvalue weighted by molar-refractivity contribution is -0.110. The van der Waals surface area contributed by atoms with E-state index in [1.165, 1.54) is 18.5 Å². The summed E-state index contributed by atoms with van der Waals surface area (Å²) >= 11 is 1.07. The van der Waals surface area contributed by atoms with Crippen LogP contribution in [0.4, 0.5) is 5.13 Å². The van der Waals surface area contributed by atoms with Gasteiger partial charge in [-0.05, 0) is 25.0 Å². The third-order valence-corrected chi connectivity index (χ3v) is 5.39. The Hall–Kier alpha value is -2.33. The number of aromatic nitrogens is 2. The van der Waals surface area contributed by atoms with Crippen LogP contribution in [0.25, 0.3) is 0 Å². The molecular formula is C15H17N5O3S2. The summed E-state index contributed by atoms with van der Waals surface area (Å²) < 4.78 is 27.1. The second-order valence-electron chi connectivity index (χ2n) is 5.61. The summed E-state index contributed by atoms with van der Waals surface area (Å²) in [4.78, 5) is 16.8. The van der Waals surface area contributed by atoms with Gasteiger partial charge >= 0.3 is 0 Å². The highest BCUT2D eigenvalue weighted by atomic mass is 32.2. The maximum absolute atomic E-state index is 12.6. The Morgan fingerprint density at radius 1 is 1.24 bits per heavy atom. The van der Waals surface area contributed by atoms with Crippen LogP contribution in [-0.2, 0) is 14.6 Å². The first kappa shape index (κ1) is 17.5. The van der Waals surface area contributed by atoms with Crippen LogP contribution in [-0.4, -0.2) is 53.7 Å². The molecular weight excluding hydrogens is 362 g/mol. The molecule has 25 heavy (non-hydrogen) atoms. The Balaban J connectivity index is 1.91. The monoisotopic (exact) mass is 379 g/mol. The number of rotatable bonds is 5. The average molecular weight is 379 g/mol. The van der Waals surface area contributed by atoms with Crippen LogP contribution in [0.1, 0.15) is 18.4 Å². The van der Waals surface area contributed by atoms with E-state index in [1.54, 1.807) is 12.1 Å². The molecule has 0 atom stereocenters. The predicted molar refractivity (Wildman–Crippen MR) is 95.4 cm³/mol. The Bertz CT molecular complexity index is 870. The van der Waals surface area contributed by atoms with E-state index in [-0.39, 0.29) is 10.6 Å². The van der Waals surface area contributed by atoms with Crippen LogP contribution in [0.15, 0.2) is 40.6 Å². The van der Waals surface area contributed by atoms with E-state index in [9.17, 15) is 13.2 Å². The molecule has 10 heteroatoms. The smallest absolute Gasteiger partial charge is 0.278 e. The standard InChI is InChI=1S/C15H17N5O3S2/c1-25(22,23)12-6-4-11(5-7-12)13(19-20-8-2-3-9-20)14(21)18-15-16-10-17-24-15/h4-7,10H,2-3,8-9H2,1H3,(H,16,17,18,21)/b19-13+. The molecule has 1 amide bonds. The van der Waals surface area contributed by atoms with Crippen LogP contribution in [0.3, 0.4) is 0 Å². The molecule has 0 unspecified atom stereocenters. The van der Waals surface area contributed by atoms with Crippen LogP contribution < -0.4 is 5.32 Å². The largest absolute Gasteiger partial charge is 0.296 e. The van der Waals surface area contributed by atoms with Crippen molar-refractivity contribution in [1.29, 1.82) is 0 Å². The summed E-state index contributed by atoms with van der Waals surface area (Å²) in [6.45, 7) is 1.58. The predicted octanol–water partition coefficient (Wildman–Crippen LogP) is 1.38. The molecule has 0 bridgehead atoms. The minimum Gasteiger partial charge on any atom is -0.296 e. The molecule has 1 fully saturated rings. The first-order valence-corrected chi connectivity index (χ1v) is 10.3. The van der Waals surface area contributed by atoms with Crippen molar-refractivity contribution in [2.75, 3.05) is 24.7 Å². The van der Waals surface area contributed by atoms with Gasteiger partial charge in [-0.1, -0.05) is 12.1 Å². The molecule has 2 aromatic rings. The van der Waals surface area contributed by atoms with Gasteiger partial charge < -0.3 is 0 Å². The van der Waals surface area contributed by atoms with Crippen LogP contribution >= 0.6 is 11.5 Å². The molecule has 0 saturated carbocycles.